The smallest absolute Gasteiger partial charge is 0.249 e. The van der Waals surface area contributed by atoms with Crippen LogP contribution in [0.4, 0.5) is 5.13 Å². The molecule has 0 unspecified atom stereocenters. The van der Waals surface area contributed by atoms with Crippen molar-refractivity contribution in [1.82, 2.24) is 15.5 Å². The van der Waals surface area contributed by atoms with Gasteiger partial charge in [-0.15, -0.1) is 10.2 Å². The number of hydrogen-bond donors (Lipinski definition) is 2. The number of carbonyl (C=O) groups excluding carboxylic acids is 2. The summed E-state index contributed by atoms with van der Waals surface area (Å²) >= 11 is 1.31. The molecule has 25 heavy (non-hydrogen) atoms. The van der Waals surface area contributed by atoms with Crippen molar-refractivity contribution in [3.8, 4) is 10.6 Å². The molecule has 0 bridgehead atoms. The van der Waals surface area contributed by atoms with Crippen molar-refractivity contribution < 1.29 is 9.59 Å². The second-order valence-corrected chi connectivity index (χ2v) is 7.63. The SMILES string of the molecule is Cc1ccc(-c2nnc(NC(=O)[C@@H](NC(=O)C(C)C)C(C)C)s2)cc1. The maximum Gasteiger partial charge on any atom is 0.249 e. The monoisotopic (exact) mass is 360 g/mol. The van der Waals surface area contributed by atoms with E-state index in [0.717, 1.165) is 10.6 Å². The highest BCUT2D eigenvalue weighted by Gasteiger charge is 2.26. The van der Waals surface area contributed by atoms with Crippen LogP contribution in [0.1, 0.15) is 33.3 Å². The van der Waals surface area contributed by atoms with E-state index in [1.807, 2.05) is 45.0 Å². The molecule has 0 aliphatic heterocycles. The fourth-order valence-corrected chi connectivity index (χ4v) is 2.88. The Morgan fingerprint density at radius 2 is 1.64 bits per heavy atom. The summed E-state index contributed by atoms with van der Waals surface area (Å²) in [5.74, 6) is -0.641. The molecule has 0 saturated carbocycles. The molecule has 0 aliphatic carbocycles. The molecule has 2 amide bonds. The maximum absolute atomic E-state index is 12.5. The Kier molecular flexibility index (Phi) is 6.25. The first-order valence-corrected chi connectivity index (χ1v) is 9.11. The topological polar surface area (TPSA) is 84.0 Å². The molecule has 2 rings (SSSR count). The molecule has 2 N–H and O–H groups in total. The Morgan fingerprint density at radius 3 is 2.20 bits per heavy atom. The number of rotatable bonds is 6. The van der Waals surface area contributed by atoms with Crippen LogP contribution >= 0.6 is 11.3 Å². The standard InChI is InChI=1S/C18H24N4O2S/c1-10(2)14(19-15(23)11(3)4)16(24)20-18-22-21-17(25-18)13-8-6-12(5)7-9-13/h6-11,14H,1-5H3,(H,19,23)(H,20,22,24)/t14-/m0/s1. The van der Waals surface area contributed by atoms with Crippen LogP contribution in [0.3, 0.4) is 0 Å². The average molecular weight is 360 g/mol. The average Bonchev–Trinajstić information content (AvgIpc) is 3.00. The van der Waals surface area contributed by atoms with Gasteiger partial charge in [0, 0.05) is 11.5 Å². The third-order valence-corrected chi connectivity index (χ3v) is 4.61. The van der Waals surface area contributed by atoms with Crippen LogP contribution in [-0.4, -0.2) is 28.1 Å². The van der Waals surface area contributed by atoms with Crippen molar-refractivity contribution in [2.75, 3.05) is 5.32 Å². The van der Waals surface area contributed by atoms with E-state index >= 15 is 0 Å². The lowest BCUT2D eigenvalue weighted by atomic mass is 10.0. The summed E-state index contributed by atoms with van der Waals surface area (Å²) in [7, 11) is 0. The first-order valence-electron chi connectivity index (χ1n) is 8.29. The fraction of sp³-hybridized carbons (Fsp3) is 0.444. The first-order chi connectivity index (χ1) is 11.8. The number of aromatic nitrogens is 2. The van der Waals surface area contributed by atoms with E-state index < -0.39 is 6.04 Å². The summed E-state index contributed by atoms with van der Waals surface area (Å²) in [4.78, 5) is 24.4. The zero-order valence-electron chi connectivity index (χ0n) is 15.2. The van der Waals surface area contributed by atoms with Crippen molar-refractivity contribution in [2.24, 2.45) is 11.8 Å². The number of nitrogens with zero attached hydrogens (tertiary/aromatic N) is 2. The fourth-order valence-electron chi connectivity index (χ4n) is 2.12. The van der Waals surface area contributed by atoms with Gasteiger partial charge < -0.3 is 5.32 Å². The van der Waals surface area contributed by atoms with Crippen LogP contribution in [0.15, 0.2) is 24.3 Å². The van der Waals surface area contributed by atoms with Gasteiger partial charge in [0.05, 0.1) is 0 Å². The van der Waals surface area contributed by atoms with Crippen LogP contribution in [0.25, 0.3) is 10.6 Å². The van der Waals surface area contributed by atoms with Gasteiger partial charge >= 0.3 is 0 Å². The summed E-state index contributed by atoms with van der Waals surface area (Å²) in [6.07, 6.45) is 0. The maximum atomic E-state index is 12.5. The lowest BCUT2D eigenvalue weighted by Crippen LogP contribution is -2.48. The van der Waals surface area contributed by atoms with Crippen molar-refractivity contribution in [3.63, 3.8) is 0 Å². The zero-order valence-corrected chi connectivity index (χ0v) is 16.0. The molecule has 1 heterocycles. The second kappa shape index (κ2) is 8.20. The lowest BCUT2D eigenvalue weighted by molar-refractivity contribution is -0.129. The first kappa shape index (κ1) is 19.1. The molecule has 0 radical (unpaired) electrons. The molecule has 6 nitrogen and oxygen atoms in total. The summed E-state index contributed by atoms with van der Waals surface area (Å²) in [6, 6.07) is 7.35. The summed E-state index contributed by atoms with van der Waals surface area (Å²) in [6.45, 7) is 9.39. The molecule has 0 aliphatic rings. The predicted octanol–water partition coefficient (Wildman–Crippen LogP) is 3.25. The van der Waals surface area contributed by atoms with Gasteiger partial charge in [0.25, 0.3) is 0 Å². The van der Waals surface area contributed by atoms with Crippen LogP contribution in [0.2, 0.25) is 0 Å². The highest BCUT2D eigenvalue weighted by Crippen LogP contribution is 2.26. The third-order valence-electron chi connectivity index (χ3n) is 3.72. The molecule has 7 heteroatoms. The van der Waals surface area contributed by atoms with E-state index in [2.05, 4.69) is 20.8 Å². The molecular formula is C18H24N4O2S. The lowest BCUT2D eigenvalue weighted by Gasteiger charge is -2.21. The highest BCUT2D eigenvalue weighted by atomic mass is 32.1. The molecule has 0 saturated heterocycles. The Hall–Kier alpha value is -2.28. The molecule has 134 valence electrons. The molecule has 1 aromatic carbocycles. The minimum Gasteiger partial charge on any atom is -0.344 e. The predicted molar refractivity (Wildman–Crippen MR) is 100 cm³/mol. The number of anilines is 1. The molecule has 0 spiro atoms. The second-order valence-electron chi connectivity index (χ2n) is 6.65. The minimum atomic E-state index is -0.610. The number of amides is 2. The third kappa shape index (κ3) is 5.09. The highest BCUT2D eigenvalue weighted by molar-refractivity contribution is 7.18. The number of aryl methyl sites for hydroxylation is 1. The van der Waals surface area contributed by atoms with E-state index in [9.17, 15) is 9.59 Å². The van der Waals surface area contributed by atoms with Crippen molar-refractivity contribution in [2.45, 2.75) is 40.7 Å². The van der Waals surface area contributed by atoms with Crippen molar-refractivity contribution >= 4 is 28.3 Å². The minimum absolute atomic E-state index is 0.0350. The van der Waals surface area contributed by atoms with Gasteiger partial charge in [-0.25, -0.2) is 0 Å². The Morgan fingerprint density at radius 1 is 1.00 bits per heavy atom. The van der Waals surface area contributed by atoms with Crippen LogP contribution in [0, 0.1) is 18.8 Å². The summed E-state index contributed by atoms with van der Waals surface area (Å²) in [5, 5.41) is 14.9. The summed E-state index contributed by atoms with van der Waals surface area (Å²) < 4.78 is 0. The van der Waals surface area contributed by atoms with Gasteiger partial charge in [0.15, 0.2) is 0 Å². The van der Waals surface area contributed by atoms with E-state index in [4.69, 9.17) is 0 Å². The zero-order chi connectivity index (χ0) is 18.6. The molecule has 0 fully saturated rings. The molecule has 1 atom stereocenters. The Bertz CT molecular complexity index is 738. The number of hydrogen-bond acceptors (Lipinski definition) is 5. The largest absolute Gasteiger partial charge is 0.344 e. The van der Waals surface area contributed by atoms with Crippen LogP contribution < -0.4 is 10.6 Å². The van der Waals surface area contributed by atoms with Gasteiger partial charge in [-0.2, -0.15) is 0 Å². The quantitative estimate of drug-likeness (QED) is 0.828. The molecular weight excluding hydrogens is 336 g/mol. The van der Waals surface area contributed by atoms with Gasteiger partial charge in [0.1, 0.15) is 11.0 Å². The Balaban J connectivity index is 2.08. The van der Waals surface area contributed by atoms with E-state index in [1.165, 1.54) is 16.9 Å². The van der Waals surface area contributed by atoms with Crippen molar-refractivity contribution in [1.29, 1.82) is 0 Å². The van der Waals surface area contributed by atoms with Crippen LogP contribution in [0.5, 0.6) is 0 Å². The normalized spacial score (nSPS) is 12.3. The van der Waals surface area contributed by atoms with Gasteiger partial charge in [-0.05, 0) is 12.8 Å². The van der Waals surface area contributed by atoms with Crippen LogP contribution in [-0.2, 0) is 9.59 Å². The van der Waals surface area contributed by atoms with Gasteiger partial charge in [-0.1, -0.05) is 68.9 Å². The summed E-state index contributed by atoms with van der Waals surface area (Å²) in [5.41, 5.74) is 2.12. The molecule has 1 aromatic heterocycles. The van der Waals surface area contributed by atoms with Gasteiger partial charge in [-0.3, -0.25) is 14.9 Å². The van der Waals surface area contributed by atoms with E-state index in [0.29, 0.717) is 5.13 Å². The number of nitrogens with one attached hydrogen (secondary N) is 2. The number of benzene rings is 1. The Labute approximate surface area is 152 Å². The van der Waals surface area contributed by atoms with E-state index in [-0.39, 0.29) is 23.7 Å². The number of carbonyl (C=O) groups is 2. The van der Waals surface area contributed by atoms with Gasteiger partial charge in [0.2, 0.25) is 16.9 Å². The molecule has 2 aromatic rings. The van der Waals surface area contributed by atoms with Crippen molar-refractivity contribution in [3.05, 3.63) is 29.8 Å². The van der Waals surface area contributed by atoms with E-state index in [1.54, 1.807) is 13.8 Å².